The molecule has 0 aliphatic carbocycles. The molecule has 0 saturated carbocycles. The average molecular weight is 223 g/mol. The average Bonchev–Trinajstić information content (AvgIpc) is 2.16. The van der Waals surface area contributed by atoms with Crippen LogP contribution in [-0.4, -0.2) is 12.1 Å². The number of nitrogens with one attached hydrogen (secondary N) is 1. The van der Waals surface area contributed by atoms with Crippen LogP contribution in [0, 0.1) is 5.82 Å². The molecule has 0 aliphatic rings. The normalized spacial score (nSPS) is 13.8. The van der Waals surface area contributed by atoms with Crippen molar-refractivity contribution in [2.45, 2.75) is 45.6 Å². The van der Waals surface area contributed by atoms with E-state index in [9.17, 15) is 4.39 Å². The predicted molar refractivity (Wildman–Crippen MR) is 67.2 cm³/mol. The Morgan fingerprint density at radius 3 is 2.25 bits per heavy atom. The van der Waals surface area contributed by atoms with Gasteiger partial charge in [0.25, 0.3) is 0 Å². The molecular formula is C14H22FN. The van der Waals surface area contributed by atoms with Crippen LogP contribution in [0.4, 0.5) is 4.39 Å². The third-order valence-electron chi connectivity index (χ3n) is 2.67. The molecule has 0 fully saturated rings. The number of hydrogen-bond acceptors (Lipinski definition) is 1. The van der Waals surface area contributed by atoms with Crippen molar-refractivity contribution in [3.63, 3.8) is 0 Å². The highest BCUT2D eigenvalue weighted by Crippen LogP contribution is 2.18. The van der Waals surface area contributed by atoms with Crippen LogP contribution in [0.15, 0.2) is 24.3 Å². The van der Waals surface area contributed by atoms with E-state index in [4.69, 9.17) is 0 Å². The highest BCUT2D eigenvalue weighted by molar-refractivity contribution is 5.19. The zero-order valence-corrected chi connectivity index (χ0v) is 10.7. The lowest BCUT2D eigenvalue weighted by Crippen LogP contribution is -2.36. The number of halogens is 1. The highest BCUT2D eigenvalue weighted by Gasteiger charge is 2.10. The van der Waals surface area contributed by atoms with Crippen molar-refractivity contribution in [2.75, 3.05) is 6.54 Å². The summed E-state index contributed by atoms with van der Waals surface area (Å²) in [5, 5.41) is 3.46. The Balaban J connectivity index is 2.41. The topological polar surface area (TPSA) is 12.0 Å². The smallest absolute Gasteiger partial charge is 0.123 e. The zero-order valence-electron chi connectivity index (χ0n) is 10.7. The molecule has 1 atom stereocenters. The minimum absolute atomic E-state index is 0.163. The van der Waals surface area contributed by atoms with E-state index in [2.05, 4.69) is 33.0 Å². The van der Waals surface area contributed by atoms with Crippen LogP contribution in [0.3, 0.4) is 0 Å². The maximum absolute atomic E-state index is 12.7. The molecule has 1 rings (SSSR count). The standard InChI is InChI=1S/C14H22FN/c1-11(9-10-16-14(2,3)4)12-5-7-13(15)8-6-12/h5-8,11,16H,9-10H2,1-4H3. The molecule has 1 unspecified atom stereocenters. The summed E-state index contributed by atoms with van der Waals surface area (Å²) in [6.07, 6.45) is 1.07. The molecule has 0 aliphatic heterocycles. The summed E-state index contributed by atoms with van der Waals surface area (Å²) >= 11 is 0. The first-order valence-corrected chi connectivity index (χ1v) is 5.89. The van der Waals surface area contributed by atoms with Crippen LogP contribution >= 0.6 is 0 Å². The molecule has 0 saturated heterocycles. The molecule has 0 amide bonds. The summed E-state index contributed by atoms with van der Waals surface area (Å²) in [5.74, 6) is 0.305. The predicted octanol–water partition coefficient (Wildman–Crippen LogP) is 3.71. The van der Waals surface area contributed by atoms with Crippen molar-refractivity contribution in [2.24, 2.45) is 0 Å². The van der Waals surface area contributed by atoms with Gasteiger partial charge in [-0.15, -0.1) is 0 Å². The van der Waals surface area contributed by atoms with Crippen LogP contribution in [0.2, 0.25) is 0 Å². The van der Waals surface area contributed by atoms with Gasteiger partial charge in [-0.05, 0) is 57.4 Å². The molecule has 1 aromatic rings. The summed E-state index contributed by atoms with van der Waals surface area (Å²) < 4.78 is 12.7. The van der Waals surface area contributed by atoms with Gasteiger partial charge in [0.15, 0.2) is 0 Å². The van der Waals surface area contributed by atoms with Gasteiger partial charge in [0.05, 0.1) is 0 Å². The molecule has 1 aromatic carbocycles. The lowest BCUT2D eigenvalue weighted by atomic mass is 9.97. The quantitative estimate of drug-likeness (QED) is 0.820. The molecular weight excluding hydrogens is 201 g/mol. The second kappa shape index (κ2) is 5.44. The summed E-state index contributed by atoms with van der Waals surface area (Å²) in [6, 6.07) is 6.81. The van der Waals surface area contributed by atoms with E-state index < -0.39 is 0 Å². The van der Waals surface area contributed by atoms with Crippen LogP contribution in [0.1, 0.15) is 45.6 Å². The van der Waals surface area contributed by atoms with E-state index in [1.54, 1.807) is 0 Å². The number of rotatable bonds is 4. The van der Waals surface area contributed by atoms with Gasteiger partial charge in [0.1, 0.15) is 5.82 Å². The Bertz CT molecular complexity index is 311. The van der Waals surface area contributed by atoms with Gasteiger partial charge >= 0.3 is 0 Å². The van der Waals surface area contributed by atoms with E-state index in [0.717, 1.165) is 13.0 Å². The van der Waals surface area contributed by atoms with Crippen molar-refractivity contribution in [1.29, 1.82) is 0 Å². The van der Waals surface area contributed by atoms with Gasteiger partial charge in [-0.2, -0.15) is 0 Å². The molecule has 0 spiro atoms. The summed E-state index contributed by atoms with van der Waals surface area (Å²) in [6.45, 7) is 9.65. The minimum atomic E-state index is -0.163. The highest BCUT2D eigenvalue weighted by atomic mass is 19.1. The molecule has 0 bridgehead atoms. The van der Waals surface area contributed by atoms with Crippen LogP contribution in [-0.2, 0) is 0 Å². The van der Waals surface area contributed by atoms with E-state index in [0.29, 0.717) is 5.92 Å². The molecule has 90 valence electrons. The molecule has 0 radical (unpaired) electrons. The van der Waals surface area contributed by atoms with Gasteiger partial charge in [-0.1, -0.05) is 19.1 Å². The zero-order chi connectivity index (χ0) is 12.2. The van der Waals surface area contributed by atoms with Gasteiger partial charge < -0.3 is 5.32 Å². The fourth-order valence-electron chi connectivity index (χ4n) is 1.62. The number of benzene rings is 1. The van der Waals surface area contributed by atoms with E-state index in [1.807, 2.05) is 12.1 Å². The molecule has 16 heavy (non-hydrogen) atoms. The SMILES string of the molecule is CC(CCNC(C)(C)C)c1ccc(F)cc1. The van der Waals surface area contributed by atoms with Crippen molar-refractivity contribution >= 4 is 0 Å². The second-order valence-electron chi connectivity index (χ2n) is 5.42. The maximum atomic E-state index is 12.7. The fourth-order valence-corrected chi connectivity index (χ4v) is 1.62. The molecule has 1 nitrogen and oxygen atoms in total. The summed E-state index contributed by atoms with van der Waals surface area (Å²) in [7, 11) is 0. The molecule has 2 heteroatoms. The van der Waals surface area contributed by atoms with E-state index >= 15 is 0 Å². The number of hydrogen-bond donors (Lipinski definition) is 1. The molecule has 1 N–H and O–H groups in total. The van der Waals surface area contributed by atoms with Crippen LogP contribution in [0.25, 0.3) is 0 Å². The van der Waals surface area contributed by atoms with Gasteiger partial charge in [-0.25, -0.2) is 4.39 Å². The van der Waals surface area contributed by atoms with E-state index in [-0.39, 0.29) is 11.4 Å². The lowest BCUT2D eigenvalue weighted by Gasteiger charge is -2.22. The van der Waals surface area contributed by atoms with Crippen molar-refractivity contribution in [1.82, 2.24) is 5.32 Å². The van der Waals surface area contributed by atoms with Gasteiger partial charge in [0.2, 0.25) is 0 Å². The van der Waals surface area contributed by atoms with Crippen LogP contribution < -0.4 is 5.32 Å². The molecule has 0 heterocycles. The Kier molecular flexibility index (Phi) is 4.48. The van der Waals surface area contributed by atoms with Gasteiger partial charge in [-0.3, -0.25) is 0 Å². The van der Waals surface area contributed by atoms with Gasteiger partial charge in [0, 0.05) is 5.54 Å². The first-order chi connectivity index (χ1) is 7.38. The van der Waals surface area contributed by atoms with Crippen molar-refractivity contribution < 1.29 is 4.39 Å². The minimum Gasteiger partial charge on any atom is -0.312 e. The third kappa shape index (κ3) is 4.75. The second-order valence-corrected chi connectivity index (χ2v) is 5.42. The van der Waals surface area contributed by atoms with Crippen LogP contribution in [0.5, 0.6) is 0 Å². The summed E-state index contributed by atoms with van der Waals surface area (Å²) in [5.41, 5.74) is 1.37. The Hall–Kier alpha value is -0.890. The lowest BCUT2D eigenvalue weighted by molar-refractivity contribution is 0.413. The van der Waals surface area contributed by atoms with E-state index in [1.165, 1.54) is 17.7 Å². The molecule has 0 aromatic heterocycles. The Morgan fingerprint density at radius 2 is 1.75 bits per heavy atom. The Morgan fingerprint density at radius 1 is 1.19 bits per heavy atom. The fraction of sp³-hybridized carbons (Fsp3) is 0.571. The van der Waals surface area contributed by atoms with Crippen molar-refractivity contribution in [3.8, 4) is 0 Å². The largest absolute Gasteiger partial charge is 0.312 e. The summed E-state index contributed by atoms with van der Waals surface area (Å²) in [4.78, 5) is 0. The Labute approximate surface area is 98.1 Å². The van der Waals surface area contributed by atoms with Crippen molar-refractivity contribution in [3.05, 3.63) is 35.6 Å². The maximum Gasteiger partial charge on any atom is 0.123 e. The monoisotopic (exact) mass is 223 g/mol. The first-order valence-electron chi connectivity index (χ1n) is 5.89. The third-order valence-corrected chi connectivity index (χ3v) is 2.67. The first kappa shape index (κ1) is 13.2.